The molecule has 4 nitrogen and oxygen atoms in total. The van der Waals surface area contributed by atoms with Gasteiger partial charge in [-0.2, -0.15) is 0 Å². The summed E-state index contributed by atoms with van der Waals surface area (Å²) in [6.07, 6.45) is 0. The highest BCUT2D eigenvalue weighted by Gasteiger charge is 2.28. The molecular weight excluding hydrogens is 312 g/mol. The summed E-state index contributed by atoms with van der Waals surface area (Å²) in [5.74, 6) is 0.889. The maximum atomic E-state index is 5.59. The van der Waals surface area contributed by atoms with Crippen LogP contribution in [0.25, 0.3) is 10.9 Å². The number of methoxy groups -OCH3 is 1. The Morgan fingerprint density at radius 2 is 1.76 bits per heavy atom. The van der Waals surface area contributed by atoms with Crippen LogP contribution in [-0.4, -0.2) is 43.3 Å². The lowest BCUT2D eigenvalue weighted by Crippen LogP contribution is -2.39. The van der Waals surface area contributed by atoms with E-state index in [1.54, 1.807) is 7.11 Å². The number of hydrogen-bond acceptors (Lipinski definition) is 3. The Balaban J connectivity index is 1.85. The minimum absolute atomic E-state index is 0.214. The highest BCUT2D eigenvalue weighted by molar-refractivity contribution is 5.85. The Morgan fingerprint density at radius 3 is 2.48 bits per heavy atom. The smallest absolute Gasteiger partial charge is 0.118 e. The van der Waals surface area contributed by atoms with E-state index in [0.717, 1.165) is 32.1 Å². The summed E-state index contributed by atoms with van der Waals surface area (Å²) in [6, 6.07) is 17.2. The van der Waals surface area contributed by atoms with E-state index in [1.165, 1.54) is 27.7 Å². The molecule has 25 heavy (non-hydrogen) atoms. The summed E-state index contributed by atoms with van der Waals surface area (Å²) in [6.45, 7) is 5.62. The zero-order chi connectivity index (χ0) is 17.2. The van der Waals surface area contributed by atoms with Crippen LogP contribution in [0.5, 0.6) is 5.75 Å². The molecule has 0 spiro atoms. The molecule has 0 aliphatic carbocycles. The standard InChI is InChI=1S/C21H24N2O2/c1-15-20(18-5-3-4-6-19(18)22-15)21(23-11-13-25-14-12-23)16-7-9-17(24-2)10-8-16/h3-10,21-22H,11-14H2,1-2H3. The van der Waals surface area contributed by atoms with E-state index in [4.69, 9.17) is 9.47 Å². The van der Waals surface area contributed by atoms with Gasteiger partial charge in [-0.15, -0.1) is 0 Å². The molecule has 1 aliphatic rings. The number of para-hydroxylation sites is 1. The van der Waals surface area contributed by atoms with Crippen LogP contribution in [0, 0.1) is 6.92 Å². The van der Waals surface area contributed by atoms with Crippen LogP contribution in [-0.2, 0) is 4.74 Å². The maximum Gasteiger partial charge on any atom is 0.118 e. The molecule has 1 aliphatic heterocycles. The molecule has 0 amide bonds. The normalized spacial score (nSPS) is 16.9. The SMILES string of the molecule is COc1ccc(C(c2c(C)[nH]c3ccccc23)N2CCOCC2)cc1. The fourth-order valence-electron chi connectivity index (χ4n) is 3.83. The quantitative estimate of drug-likeness (QED) is 0.785. The number of H-pyrrole nitrogens is 1. The third-order valence-electron chi connectivity index (χ3n) is 5.06. The van der Waals surface area contributed by atoms with Crippen LogP contribution in [0.1, 0.15) is 22.9 Å². The Bertz CT molecular complexity index is 848. The lowest BCUT2D eigenvalue weighted by Gasteiger charge is -2.35. The minimum atomic E-state index is 0.214. The van der Waals surface area contributed by atoms with Crippen molar-refractivity contribution in [1.82, 2.24) is 9.88 Å². The first-order valence-corrected chi connectivity index (χ1v) is 8.81. The summed E-state index contributed by atoms with van der Waals surface area (Å²) in [4.78, 5) is 6.08. The van der Waals surface area contributed by atoms with Gasteiger partial charge in [0.05, 0.1) is 26.4 Å². The van der Waals surface area contributed by atoms with Crippen molar-refractivity contribution >= 4 is 10.9 Å². The van der Waals surface area contributed by atoms with Crippen LogP contribution in [0.15, 0.2) is 48.5 Å². The second-order valence-electron chi connectivity index (χ2n) is 6.53. The van der Waals surface area contributed by atoms with Gasteiger partial charge in [0.2, 0.25) is 0 Å². The van der Waals surface area contributed by atoms with Gasteiger partial charge in [-0.1, -0.05) is 30.3 Å². The Morgan fingerprint density at radius 1 is 1.04 bits per heavy atom. The summed E-state index contributed by atoms with van der Waals surface area (Å²) in [5.41, 5.74) is 5.08. The van der Waals surface area contributed by atoms with E-state index in [0.29, 0.717) is 0 Å². The summed E-state index contributed by atoms with van der Waals surface area (Å²) >= 11 is 0. The van der Waals surface area contributed by atoms with E-state index in [1.807, 2.05) is 12.1 Å². The molecule has 1 saturated heterocycles. The summed E-state index contributed by atoms with van der Waals surface area (Å²) in [5, 5.41) is 1.30. The highest BCUT2D eigenvalue weighted by atomic mass is 16.5. The third kappa shape index (κ3) is 3.03. The molecule has 1 N–H and O–H groups in total. The van der Waals surface area contributed by atoms with E-state index >= 15 is 0 Å². The van der Waals surface area contributed by atoms with Crippen LogP contribution >= 0.6 is 0 Å². The van der Waals surface area contributed by atoms with E-state index in [2.05, 4.69) is 53.2 Å². The molecule has 0 saturated carbocycles. The number of aryl methyl sites for hydroxylation is 1. The number of rotatable bonds is 4. The number of aromatic nitrogens is 1. The molecule has 0 radical (unpaired) electrons. The molecule has 130 valence electrons. The first-order chi connectivity index (χ1) is 12.3. The number of aromatic amines is 1. The molecule has 2 aromatic carbocycles. The lowest BCUT2D eigenvalue weighted by atomic mass is 9.94. The lowest BCUT2D eigenvalue weighted by molar-refractivity contribution is 0.0241. The molecule has 2 heterocycles. The van der Waals surface area contributed by atoms with Gasteiger partial charge in [-0.25, -0.2) is 0 Å². The average molecular weight is 336 g/mol. The van der Waals surface area contributed by atoms with Crippen molar-refractivity contribution in [3.63, 3.8) is 0 Å². The number of fused-ring (bicyclic) bond motifs is 1. The zero-order valence-corrected chi connectivity index (χ0v) is 14.8. The first kappa shape index (κ1) is 16.2. The predicted octanol–water partition coefficient (Wildman–Crippen LogP) is 3.91. The monoisotopic (exact) mass is 336 g/mol. The Labute approximate surface area is 148 Å². The highest BCUT2D eigenvalue weighted by Crippen LogP contribution is 2.37. The molecule has 4 heteroatoms. The van der Waals surface area contributed by atoms with Gasteiger partial charge >= 0.3 is 0 Å². The van der Waals surface area contributed by atoms with Crippen molar-refractivity contribution in [2.45, 2.75) is 13.0 Å². The van der Waals surface area contributed by atoms with Crippen molar-refractivity contribution in [1.29, 1.82) is 0 Å². The maximum absolute atomic E-state index is 5.59. The summed E-state index contributed by atoms with van der Waals surface area (Å²) in [7, 11) is 1.71. The molecule has 3 aromatic rings. The summed E-state index contributed by atoms with van der Waals surface area (Å²) < 4.78 is 10.9. The van der Waals surface area contributed by atoms with Gasteiger partial charge in [0, 0.05) is 35.2 Å². The first-order valence-electron chi connectivity index (χ1n) is 8.81. The van der Waals surface area contributed by atoms with Gasteiger partial charge in [-0.3, -0.25) is 4.90 Å². The second-order valence-corrected chi connectivity index (χ2v) is 6.53. The van der Waals surface area contributed by atoms with E-state index in [9.17, 15) is 0 Å². The van der Waals surface area contributed by atoms with Crippen LogP contribution < -0.4 is 4.74 Å². The van der Waals surface area contributed by atoms with Gasteiger partial charge in [0.1, 0.15) is 5.75 Å². The Kier molecular flexibility index (Phi) is 4.47. The molecule has 1 atom stereocenters. The van der Waals surface area contributed by atoms with E-state index < -0.39 is 0 Å². The second kappa shape index (κ2) is 6.90. The molecule has 0 bridgehead atoms. The number of hydrogen-bond donors (Lipinski definition) is 1. The fraction of sp³-hybridized carbons (Fsp3) is 0.333. The van der Waals surface area contributed by atoms with Crippen molar-refractivity contribution in [3.05, 3.63) is 65.4 Å². The van der Waals surface area contributed by atoms with Gasteiger partial charge in [0.15, 0.2) is 0 Å². The minimum Gasteiger partial charge on any atom is -0.497 e. The van der Waals surface area contributed by atoms with Gasteiger partial charge in [-0.05, 0) is 30.7 Å². The molecular formula is C21H24N2O2. The van der Waals surface area contributed by atoms with Crippen LogP contribution in [0.3, 0.4) is 0 Å². The zero-order valence-electron chi connectivity index (χ0n) is 14.8. The number of nitrogens with one attached hydrogen (secondary N) is 1. The molecule has 1 fully saturated rings. The number of morpholine rings is 1. The third-order valence-corrected chi connectivity index (χ3v) is 5.06. The molecule has 1 unspecified atom stereocenters. The number of nitrogens with zero attached hydrogens (tertiary/aromatic N) is 1. The Hall–Kier alpha value is -2.30. The molecule has 1 aromatic heterocycles. The average Bonchev–Trinajstić information content (AvgIpc) is 3.00. The van der Waals surface area contributed by atoms with Gasteiger partial charge in [0.25, 0.3) is 0 Å². The fourth-order valence-corrected chi connectivity index (χ4v) is 3.83. The van der Waals surface area contributed by atoms with Crippen LogP contribution in [0.4, 0.5) is 0 Å². The van der Waals surface area contributed by atoms with Gasteiger partial charge < -0.3 is 14.5 Å². The van der Waals surface area contributed by atoms with Crippen molar-refractivity contribution in [2.75, 3.05) is 33.4 Å². The van der Waals surface area contributed by atoms with Crippen molar-refractivity contribution < 1.29 is 9.47 Å². The topological polar surface area (TPSA) is 37.5 Å². The number of benzene rings is 2. The van der Waals surface area contributed by atoms with Crippen molar-refractivity contribution in [2.24, 2.45) is 0 Å². The number of ether oxygens (including phenoxy) is 2. The predicted molar refractivity (Wildman–Crippen MR) is 100 cm³/mol. The molecule has 4 rings (SSSR count). The largest absolute Gasteiger partial charge is 0.497 e. The van der Waals surface area contributed by atoms with Crippen LogP contribution in [0.2, 0.25) is 0 Å². The van der Waals surface area contributed by atoms with E-state index in [-0.39, 0.29) is 6.04 Å². The van der Waals surface area contributed by atoms with Crippen molar-refractivity contribution in [3.8, 4) is 5.75 Å².